The highest BCUT2D eigenvalue weighted by atomic mass is 16.4. The third-order valence-electron chi connectivity index (χ3n) is 5.64. The normalized spacial score (nSPS) is 17.9. The molecule has 1 aromatic carbocycles. The van der Waals surface area contributed by atoms with E-state index in [0.717, 1.165) is 60.8 Å². The first-order chi connectivity index (χ1) is 13.1. The lowest BCUT2D eigenvalue weighted by atomic mass is 10.0. The van der Waals surface area contributed by atoms with Gasteiger partial charge < -0.3 is 4.42 Å². The first kappa shape index (κ1) is 16.7. The first-order valence-electron chi connectivity index (χ1n) is 9.77. The van der Waals surface area contributed by atoms with Gasteiger partial charge in [0.1, 0.15) is 11.4 Å². The molecule has 0 unspecified atom stereocenters. The first-order valence-corrected chi connectivity index (χ1v) is 9.77. The van der Waals surface area contributed by atoms with Crippen LogP contribution in [0.4, 0.5) is 0 Å². The number of hydrogen-bond donors (Lipinski definition) is 0. The SMILES string of the molecule is Cc1cc(C)c2oc(=O)cc(CN3CCc4nc(C5CC5)nn4CC3)c2c1. The zero-order valence-electron chi connectivity index (χ0n) is 15.9. The molecule has 1 aliphatic carbocycles. The summed E-state index contributed by atoms with van der Waals surface area (Å²) in [4.78, 5) is 19.2. The van der Waals surface area contributed by atoms with Crippen LogP contribution in [0.15, 0.2) is 27.4 Å². The Bertz CT molecular complexity index is 1050. The lowest BCUT2D eigenvalue weighted by Crippen LogP contribution is -2.27. The summed E-state index contributed by atoms with van der Waals surface area (Å²) in [6.07, 6.45) is 3.37. The van der Waals surface area contributed by atoms with Crippen LogP contribution in [0.1, 0.15) is 47.1 Å². The van der Waals surface area contributed by atoms with E-state index in [9.17, 15) is 4.79 Å². The number of aryl methyl sites for hydroxylation is 2. The Hall–Kier alpha value is -2.47. The maximum atomic E-state index is 12.1. The summed E-state index contributed by atoms with van der Waals surface area (Å²) >= 11 is 0. The summed E-state index contributed by atoms with van der Waals surface area (Å²) in [7, 11) is 0. The summed E-state index contributed by atoms with van der Waals surface area (Å²) in [5, 5.41) is 5.76. The summed E-state index contributed by atoms with van der Waals surface area (Å²) in [5.74, 6) is 2.74. The molecule has 1 saturated carbocycles. The summed E-state index contributed by atoms with van der Waals surface area (Å²) < 4.78 is 7.57. The minimum atomic E-state index is -0.275. The Kier molecular flexibility index (Phi) is 3.90. The van der Waals surface area contributed by atoms with Crippen LogP contribution >= 0.6 is 0 Å². The highest BCUT2D eigenvalue weighted by Gasteiger charge is 2.29. The van der Waals surface area contributed by atoms with Gasteiger partial charge in [0.2, 0.25) is 0 Å². The van der Waals surface area contributed by atoms with E-state index in [-0.39, 0.29) is 5.63 Å². The molecular formula is C21H24N4O2. The number of hydrogen-bond acceptors (Lipinski definition) is 5. The molecule has 6 nitrogen and oxygen atoms in total. The second-order valence-corrected chi connectivity index (χ2v) is 7.96. The number of aromatic nitrogens is 3. The molecule has 0 radical (unpaired) electrons. The van der Waals surface area contributed by atoms with Gasteiger partial charge in [0.15, 0.2) is 5.82 Å². The monoisotopic (exact) mass is 364 g/mol. The van der Waals surface area contributed by atoms with Crippen molar-refractivity contribution in [2.24, 2.45) is 0 Å². The zero-order chi connectivity index (χ0) is 18.5. The zero-order valence-corrected chi connectivity index (χ0v) is 15.9. The van der Waals surface area contributed by atoms with Crippen molar-refractivity contribution in [2.75, 3.05) is 13.1 Å². The van der Waals surface area contributed by atoms with Crippen molar-refractivity contribution in [2.45, 2.75) is 52.1 Å². The van der Waals surface area contributed by atoms with Crippen LogP contribution in [0.2, 0.25) is 0 Å². The Balaban J connectivity index is 1.41. The Morgan fingerprint density at radius 1 is 1.15 bits per heavy atom. The molecule has 0 amide bonds. The molecule has 0 saturated heterocycles. The molecule has 1 fully saturated rings. The number of fused-ring (bicyclic) bond motifs is 2. The maximum absolute atomic E-state index is 12.1. The van der Waals surface area contributed by atoms with Crippen LogP contribution < -0.4 is 5.63 Å². The van der Waals surface area contributed by atoms with Gasteiger partial charge in [-0.2, -0.15) is 5.10 Å². The molecule has 2 aromatic heterocycles. The smallest absolute Gasteiger partial charge is 0.336 e. The molecule has 5 rings (SSSR count). The predicted octanol–water partition coefficient (Wildman–Crippen LogP) is 2.94. The molecule has 140 valence electrons. The van der Waals surface area contributed by atoms with E-state index in [4.69, 9.17) is 14.5 Å². The average Bonchev–Trinajstić information content (AvgIpc) is 3.42. The second-order valence-electron chi connectivity index (χ2n) is 7.96. The van der Waals surface area contributed by atoms with Gasteiger partial charge in [0, 0.05) is 43.4 Å². The molecule has 0 bridgehead atoms. The fourth-order valence-corrected chi connectivity index (χ4v) is 4.09. The van der Waals surface area contributed by atoms with Gasteiger partial charge in [-0.05, 0) is 49.4 Å². The Labute approximate surface area is 157 Å². The fraction of sp³-hybridized carbons (Fsp3) is 0.476. The van der Waals surface area contributed by atoms with E-state index >= 15 is 0 Å². The standard InChI is InChI=1S/C21H24N4O2/c1-13-9-14(2)20-17(10-13)16(11-19(26)27-20)12-24-6-5-18-22-21(15-3-4-15)23-25(18)8-7-24/h9-11,15H,3-8,12H2,1-2H3. The van der Waals surface area contributed by atoms with Gasteiger partial charge >= 0.3 is 5.63 Å². The molecule has 3 heterocycles. The van der Waals surface area contributed by atoms with E-state index in [1.807, 2.05) is 6.92 Å². The summed E-state index contributed by atoms with van der Waals surface area (Å²) in [6.45, 7) is 7.51. The van der Waals surface area contributed by atoms with Crippen LogP contribution in [0, 0.1) is 13.8 Å². The highest BCUT2D eigenvalue weighted by molar-refractivity contribution is 5.83. The van der Waals surface area contributed by atoms with Crippen LogP contribution in [0.3, 0.4) is 0 Å². The molecule has 0 spiro atoms. The molecule has 1 aliphatic heterocycles. The minimum absolute atomic E-state index is 0.275. The molecule has 0 N–H and O–H groups in total. The maximum Gasteiger partial charge on any atom is 0.336 e. The van der Waals surface area contributed by atoms with Crippen molar-refractivity contribution < 1.29 is 4.42 Å². The van der Waals surface area contributed by atoms with E-state index < -0.39 is 0 Å². The number of nitrogens with zero attached hydrogens (tertiary/aromatic N) is 4. The molecule has 0 atom stereocenters. The molecule has 27 heavy (non-hydrogen) atoms. The molecule has 6 heteroatoms. The quantitative estimate of drug-likeness (QED) is 0.669. The van der Waals surface area contributed by atoms with Gasteiger partial charge in [-0.25, -0.2) is 14.5 Å². The Morgan fingerprint density at radius 3 is 2.81 bits per heavy atom. The van der Waals surface area contributed by atoms with Crippen LogP contribution in [0.5, 0.6) is 0 Å². The van der Waals surface area contributed by atoms with E-state index in [0.29, 0.717) is 11.5 Å². The number of benzene rings is 1. The predicted molar refractivity (Wildman–Crippen MR) is 103 cm³/mol. The van der Waals surface area contributed by atoms with Gasteiger partial charge in [-0.15, -0.1) is 0 Å². The van der Waals surface area contributed by atoms with E-state index in [1.165, 1.54) is 18.4 Å². The third-order valence-corrected chi connectivity index (χ3v) is 5.64. The summed E-state index contributed by atoms with van der Waals surface area (Å²) in [5.41, 5.74) is 3.67. The molecule has 2 aliphatic rings. The van der Waals surface area contributed by atoms with E-state index in [1.54, 1.807) is 6.07 Å². The third kappa shape index (κ3) is 3.18. The number of rotatable bonds is 3. The lowest BCUT2D eigenvalue weighted by Gasteiger charge is -2.20. The van der Waals surface area contributed by atoms with Crippen molar-refractivity contribution in [3.05, 3.63) is 57.0 Å². The largest absolute Gasteiger partial charge is 0.422 e. The minimum Gasteiger partial charge on any atom is -0.422 e. The van der Waals surface area contributed by atoms with Gasteiger partial charge in [0.25, 0.3) is 0 Å². The van der Waals surface area contributed by atoms with Gasteiger partial charge in [-0.1, -0.05) is 6.07 Å². The van der Waals surface area contributed by atoms with Gasteiger partial charge in [0.05, 0.1) is 6.54 Å². The van der Waals surface area contributed by atoms with Gasteiger partial charge in [-0.3, -0.25) is 4.90 Å². The topological polar surface area (TPSA) is 64.2 Å². The van der Waals surface area contributed by atoms with Crippen molar-refractivity contribution in [1.82, 2.24) is 19.7 Å². The van der Waals surface area contributed by atoms with Crippen LogP contribution in [-0.2, 0) is 19.5 Å². The Morgan fingerprint density at radius 2 is 2.00 bits per heavy atom. The van der Waals surface area contributed by atoms with E-state index in [2.05, 4.69) is 28.6 Å². The van der Waals surface area contributed by atoms with Crippen LogP contribution in [0.25, 0.3) is 11.0 Å². The fourth-order valence-electron chi connectivity index (χ4n) is 4.09. The van der Waals surface area contributed by atoms with Crippen molar-refractivity contribution in [3.8, 4) is 0 Å². The highest BCUT2D eigenvalue weighted by Crippen LogP contribution is 2.38. The van der Waals surface area contributed by atoms with Crippen molar-refractivity contribution >= 4 is 11.0 Å². The van der Waals surface area contributed by atoms with Crippen LogP contribution in [-0.4, -0.2) is 32.8 Å². The molecule has 3 aromatic rings. The molecular weight excluding hydrogens is 340 g/mol. The average molecular weight is 364 g/mol. The summed E-state index contributed by atoms with van der Waals surface area (Å²) in [6, 6.07) is 5.82. The van der Waals surface area contributed by atoms with Crippen molar-refractivity contribution in [3.63, 3.8) is 0 Å². The van der Waals surface area contributed by atoms with Crippen molar-refractivity contribution in [1.29, 1.82) is 0 Å². The second kappa shape index (κ2) is 6.30. The lowest BCUT2D eigenvalue weighted by molar-refractivity contribution is 0.269.